The van der Waals surface area contributed by atoms with Gasteiger partial charge in [0.15, 0.2) is 5.84 Å². The van der Waals surface area contributed by atoms with Crippen molar-refractivity contribution in [3.63, 3.8) is 0 Å². The van der Waals surface area contributed by atoms with Crippen LogP contribution >= 0.6 is 23.2 Å². The highest BCUT2D eigenvalue weighted by molar-refractivity contribution is 6.43. The lowest BCUT2D eigenvalue weighted by Crippen LogP contribution is -2.47. The number of carbonyl (C=O) groups excluding carboxylic acids is 1. The van der Waals surface area contributed by atoms with Crippen molar-refractivity contribution >= 4 is 34.9 Å². The third kappa shape index (κ3) is 3.75. The molecule has 0 aromatic heterocycles. The van der Waals surface area contributed by atoms with E-state index >= 15 is 0 Å². The number of nitrogens with two attached hydrogens (primary N) is 1. The van der Waals surface area contributed by atoms with Gasteiger partial charge in [-0.15, -0.1) is 0 Å². The minimum atomic E-state index is -0.590. The molecule has 19 heavy (non-hydrogen) atoms. The number of nitrogens with one attached hydrogen (secondary N) is 1. The van der Waals surface area contributed by atoms with Gasteiger partial charge >= 0.3 is 0 Å². The van der Waals surface area contributed by atoms with E-state index in [0.717, 1.165) is 0 Å². The summed E-state index contributed by atoms with van der Waals surface area (Å²) < 4.78 is 0. The van der Waals surface area contributed by atoms with E-state index in [1.54, 1.807) is 18.2 Å². The van der Waals surface area contributed by atoms with Gasteiger partial charge in [-0.25, -0.2) is 0 Å². The minimum absolute atomic E-state index is 0.0437. The van der Waals surface area contributed by atoms with Crippen molar-refractivity contribution in [2.45, 2.75) is 19.9 Å². The van der Waals surface area contributed by atoms with Crippen LogP contribution in [0.25, 0.3) is 0 Å². The van der Waals surface area contributed by atoms with Crippen molar-refractivity contribution in [3.05, 3.63) is 33.8 Å². The molecule has 5 nitrogen and oxygen atoms in total. The van der Waals surface area contributed by atoms with Gasteiger partial charge < -0.3 is 16.3 Å². The summed E-state index contributed by atoms with van der Waals surface area (Å²) in [6.45, 7) is 3.67. The molecule has 1 rings (SSSR count). The Hall–Kier alpha value is -1.46. The van der Waals surface area contributed by atoms with Crippen LogP contribution in [0.3, 0.4) is 0 Å². The molecule has 1 aromatic rings. The number of hydrogen-bond donors (Lipinski definition) is 3. The summed E-state index contributed by atoms with van der Waals surface area (Å²) in [4.78, 5) is 12.1. The van der Waals surface area contributed by atoms with Gasteiger partial charge in [-0.3, -0.25) is 4.79 Å². The van der Waals surface area contributed by atoms with E-state index in [1.807, 2.05) is 13.8 Å². The second kappa shape index (κ2) is 6.63. The number of rotatable bonds is 4. The maximum atomic E-state index is 12.1. The third-order valence-electron chi connectivity index (χ3n) is 2.58. The fourth-order valence-electron chi connectivity index (χ4n) is 1.54. The number of carbonyl (C=O) groups is 1. The summed E-state index contributed by atoms with van der Waals surface area (Å²) in [6, 6.07) is 4.17. The Kier molecular flexibility index (Phi) is 5.44. The topological polar surface area (TPSA) is 87.7 Å². The highest BCUT2D eigenvalue weighted by atomic mass is 35.5. The molecule has 0 fully saturated rings. The maximum Gasteiger partial charge on any atom is 0.253 e. The Balaban J connectivity index is 2.98. The summed E-state index contributed by atoms with van der Waals surface area (Å²) in [5.41, 5.74) is 5.78. The summed E-state index contributed by atoms with van der Waals surface area (Å²) in [7, 11) is 0. The zero-order valence-electron chi connectivity index (χ0n) is 10.5. The summed E-state index contributed by atoms with van der Waals surface area (Å²) in [6.07, 6.45) is 0. The van der Waals surface area contributed by atoms with E-state index in [0.29, 0.717) is 5.02 Å². The molecule has 7 heteroatoms. The van der Waals surface area contributed by atoms with E-state index in [4.69, 9.17) is 34.1 Å². The molecule has 0 spiro atoms. The van der Waals surface area contributed by atoms with Gasteiger partial charge in [-0.1, -0.05) is 48.3 Å². The lowest BCUT2D eigenvalue weighted by molar-refractivity contribution is 0.0939. The Labute approximate surface area is 121 Å². The number of hydrogen-bond acceptors (Lipinski definition) is 3. The highest BCUT2D eigenvalue weighted by Crippen LogP contribution is 2.25. The molecule has 1 amide bonds. The van der Waals surface area contributed by atoms with Crippen LogP contribution in [0.2, 0.25) is 10.0 Å². The second-order valence-electron chi connectivity index (χ2n) is 4.32. The van der Waals surface area contributed by atoms with Crippen LogP contribution in [0, 0.1) is 5.92 Å². The van der Waals surface area contributed by atoms with Crippen molar-refractivity contribution in [3.8, 4) is 0 Å². The fraction of sp³-hybridized carbons (Fsp3) is 0.333. The normalized spacial score (nSPS) is 13.4. The standard InChI is InChI=1S/C12H15Cl2N3O2/c1-6(2)10(11(15)17-19)16-12(18)7-4-3-5-8(13)9(7)14/h3-6,10,19H,1-2H3,(H2,15,17)(H,16,18). The predicted molar refractivity (Wildman–Crippen MR) is 76.0 cm³/mol. The van der Waals surface area contributed by atoms with Gasteiger partial charge in [0, 0.05) is 0 Å². The van der Waals surface area contributed by atoms with Crippen molar-refractivity contribution in [1.29, 1.82) is 0 Å². The first kappa shape index (κ1) is 15.6. The molecule has 1 unspecified atom stereocenters. The van der Waals surface area contributed by atoms with Crippen LogP contribution in [-0.4, -0.2) is 23.0 Å². The molecule has 0 heterocycles. The maximum absolute atomic E-state index is 12.1. The average Bonchev–Trinajstić information content (AvgIpc) is 2.37. The molecule has 0 aliphatic heterocycles. The number of amidine groups is 1. The second-order valence-corrected chi connectivity index (χ2v) is 5.11. The molecular formula is C12H15Cl2N3O2. The molecule has 0 radical (unpaired) electrons. The monoisotopic (exact) mass is 303 g/mol. The van der Waals surface area contributed by atoms with E-state index in [9.17, 15) is 4.79 Å². The number of benzene rings is 1. The molecule has 0 saturated carbocycles. The summed E-state index contributed by atoms with van der Waals surface area (Å²) in [5.74, 6) is -0.544. The Morgan fingerprint density at radius 3 is 2.58 bits per heavy atom. The van der Waals surface area contributed by atoms with Crippen molar-refractivity contribution in [2.24, 2.45) is 16.8 Å². The van der Waals surface area contributed by atoms with Crippen LogP contribution in [0.15, 0.2) is 23.4 Å². The fourth-order valence-corrected chi connectivity index (χ4v) is 1.93. The lowest BCUT2D eigenvalue weighted by atomic mass is 10.0. The van der Waals surface area contributed by atoms with Crippen molar-refractivity contribution in [1.82, 2.24) is 5.32 Å². The summed E-state index contributed by atoms with van der Waals surface area (Å²) >= 11 is 11.8. The Bertz CT molecular complexity index is 504. The van der Waals surface area contributed by atoms with E-state index in [2.05, 4.69) is 10.5 Å². The van der Waals surface area contributed by atoms with Crippen molar-refractivity contribution in [2.75, 3.05) is 0 Å². The first-order chi connectivity index (χ1) is 8.88. The predicted octanol–water partition coefficient (Wildman–Crippen LogP) is 2.49. The van der Waals surface area contributed by atoms with Gasteiger partial charge in [-0.2, -0.15) is 0 Å². The van der Waals surface area contributed by atoms with Crippen LogP contribution < -0.4 is 11.1 Å². The number of nitrogens with zero attached hydrogens (tertiary/aromatic N) is 1. The number of amides is 1. The molecular weight excluding hydrogens is 289 g/mol. The third-order valence-corrected chi connectivity index (χ3v) is 3.40. The van der Waals surface area contributed by atoms with Crippen LogP contribution in [-0.2, 0) is 0 Å². The molecule has 0 bridgehead atoms. The zero-order chi connectivity index (χ0) is 14.6. The lowest BCUT2D eigenvalue weighted by Gasteiger charge is -2.21. The van der Waals surface area contributed by atoms with Crippen LogP contribution in [0.4, 0.5) is 0 Å². The quantitative estimate of drug-likeness (QED) is 0.345. The van der Waals surface area contributed by atoms with Crippen molar-refractivity contribution < 1.29 is 10.0 Å². The van der Waals surface area contributed by atoms with Gasteiger partial charge in [-0.05, 0) is 18.1 Å². The van der Waals surface area contributed by atoms with Crippen LogP contribution in [0.5, 0.6) is 0 Å². The largest absolute Gasteiger partial charge is 0.409 e. The Morgan fingerprint density at radius 2 is 2.05 bits per heavy atom. The Morgan fingerprint density at radius 1 is 1.42 bits per heavy atom. The first-order valence-electron chi connectivity index (χ1n) is 5.60. The highest BCUT2D eigenvalue weighted by Gasteiger charge is 2.22. The molecule has 1 atom stereocenters. The average molecular weight is 304 g/mol. The molecule has 0 aliphatic rings. The molecule has 0 saturated heterocycles. The molecule has 4 N–H and O–H groups in total. The van der Waals surface area contributed by atoms with E-state index in [-0.39, 0.29) is 22.3 Å². The van der Waals surface area contributed by atoms with E-state index < -0.39 is 11.9 Å². The van der Waals surface area contributed by atoms with Gasteiger partial charge in [0.2, 0.25) is 0 Å². The van der Waals surface area contributed by atoms with Gasteiger partial charge in [0.1, 0.15) is 0 Å². The molecule has 1 aromatic carbocycles. The molecule has 104 valence electrons. The summed E-state index contributed by atoms with van der Waals surface area (Å²) in [5, 5.41) is 14.7. The smallest absolute Gasteiger partial charge is 0.253 e. The SMILES string of the molecule is CC(C)C(NC(=O)c1cccc(Cl)c1Cl)C(N)=NO. The zero-order valence-corrected chi connectivity index (χ0v) is 12.0. The minimum Gasteiger partial charge on any atom is -0.409 e. The van der Waals surface area contributed by atoms with E-state index in [1.165, 1.54) is 0 Å². The first-order valence-corrected chi connectivity index (χ1v) is 6.36. The van der Waals surface area contributed by atoms with Crippen LogP contribution in [0.1, 0.15) is 24.2 Å². The van der Waals surface area contributed by atoms with Gasteiger partial charge in [0.05, 0.1) is 21.7 Å². The number of oxime groups is 1. The number of halogens is 2. The molecule has 0 aliphatic carbocycles. The van der Waals surface area contributed by atoms with Gasteiger partial charge in [0.25, 0.3) is 5.91 Å².